The fourth-order valence-corrected chi connectivity index (χ4v) is 13.9. The quantitative estimate of drug-likeness (QED) is 0.0122. The average Bonchev–Trinajstić information content (AvgIpc) is 1.62. The van der Waals surface area contributed by atoms with Gasteiger partial charge in [0.25, 0.3) is 0 Å². The van der Waals surface area contributed by atoms with E-state index in [2.05, 4.69) is 47.2 Å². The third-order valence-electron chi connectivity index (χ3n) is 19.8. The van der Waals surface area contributed by atoms with Crippen LogP contribution in [0, 0.1) is 6.92 Å². The second kappa shape index (κ2) is 40.4. The molecule has 580 valence electrons. The van der Waals surface area contributed by atoms with Crippen molar-refractivity contribution in [3.05, 3.63) is 143 Å². The van der Waals surface area contributed by atoms with E-state index in [1.165, 1.54) is 14.7 Å². The van der Waals surface area contributed by atoms with Gasteiger partial charge in [-0.15, -0.1) is 0 Å². The number of aromatic nitrogens is 1. The molecule has 13 amide bonds. The number of aromatic amines is 1. The highest BCUT2D eigenvalue weighted by Crippen LogP contribution is 2.26. The minimum atomic E-state index is -1.66. The number of aliphatic imine (C=N–C) groups is 1. The number of aryl methyl sites for hydroxylation is 1. The lowest BCUT2D eigenvalue weighted by molar-refractivity contribution is -0.144. The number of guanidine groups is 1. The molecule has 0 bridgehead atoms. The van der Waals surface area contributed by atoms with Gasteiger partial charge in [0.05, 0.1) is 6.04 Å². The van der Waals surface area contributed by atoms with Crippen molar-refractivity contribution in [3.63, 3.8) is 0 Å². The van der Waals surface area contributed by atoms with Gasteiger partial charge in [-0.2, -0.15) is 0 Å². The van der Waals surface area contributed by atoms with Crippen LogP contribution in [0.5, 0.6) is 0 Å². The zero-order valence-electron chi connectivity index (χ0n) is 60.9. The van der Waals surface area contributed by atoms with Crippen LogP contribution in [-0.4, -0.2) is 202 Å². The summed E-state index contributed by atoms with van der Waals surface area (Å²) in [6.45, 7) is 2.81. The van der Waals surface area contributed by atoms with Gasteiger partial charge in [0.1, 0.15) is 60.4 Å². The Morgan fingerprint density at radius 1 is 0.454 bits per heavy atom. The molecule has 8 rings (SSSR count). The SMILES string of the molecule is Cc1ccc(C[C@H](NC(=O)[C@H]2CCCN2C(=O)[C@H](Cc2ccccc2)NC(=O)[C@H](Cc2ccccc2)NC(=O)[C@H](CCC(N)=O)NC(=O)[C@H](CCC(N)=O)NC(=O)[C@@H]2CCCN2C(=O)[C@H](CCCCN)NC(=O)[C@@H]2CCCN2C(=O)[C@@H](N)CCCN=C(N)N)C(=O)N[C@@H](Cc2c[nH]c3ccccc23)C(N)=O)cc1. The lowest BCUT2D eigenvalue weighted by Crippen LogP contribution is -2.61. The number of nitrogens with two attached hydrogens (primary N) is 7. The summed E-state index contributed by atoms with van der Waals surface area (Å²) < 4.78 is 0. The molecule has 4 heterocycles. The molecule has 3 fully saturated rings. The number of likely N-dealkylation sites (tertiary alicyclic amines) is 3. The molecule has 0 saturated carbocycles. The number of para-hydroxylation sites is 1. The standard InChI is InChI=1S/C76H103N19O13/c1-45-27-29-48(30-28-45)41-58(68(101)89-56(65(81)98)43-49-44-85-52-22-9-8-20-50(49)52)91-72(105)62-26-15-39-95(62)75(108)59(42-47-18-6-3-7-19-47)92-69(102)57(40-46-16-4-2-5-17-46)90-67(100)53(31-33-63(79)96)86-66(99)54(32-34-64(80)97)87-70(103)61-25-14-38-94(61)74(107)55(23-10-11-35-77)88-71(104)60-24-13-37-93(60)73(106)51(78)21-12-36-84-76(82)83/h2-9,16-20,22,27-30,44,51,53-62,85H,10-15,21,23-26,31-43,77-78H2,1H3,(H2,79,96)(H2,80,97)(H2,81,98)(H,86,99)(H,87,103)(H,88,104)(H,89,101)(H,90,100)(H,91,105)(H,92,102)(H4,82,83,84)/t51-,53-,54-,55-,56-,57-,58-,59-,60-,61-,62+/m0/s1. The molecule has 11 atom stereocenters. The van der Waals surface area contributed by atoms with E-state index in [0.29, 0.717) is 61.6 Å². The number of carbonyl (C=O) groups is 13. The predicted octanol–water partition coefficient (Wildman–Crippen LogP) is -1.36. The van der Waals surface area contributed by atoms with Crippen LogP contribution in [0.2, 0.25) is 0 Å². The van der Waals surface area contributed by atoms with Crippen LogP contribution >= 0.6 is 0 Å². The molecule has 1 aromatic heterocycles. The van der Waals surface area contributed by atoms with E-state index < -0.39 is 169 Å². The molecule has 4 aromatic carbocycles. The minimum Gasteiger partial charge on any atom is -0.370 e. The molecule has 3 aliphatic rings. The van der Waals surface area contributed by atoms with Crippen molar-refractivity contribution in [1.29, 1.82) is 0 Å². The van der Waals surface area contributed by atoms with Crippen molar-refractivity contribution in [3.8, 4) is 0 Å². The van der Waals surface area contributed by atoms with Crippen LogP contribution in [0.3, 0.4) is 0 Å². The van der Waals surface area contributed by atoms with Gasteiger partial charge in [0, 0.05) is 81.8 Å². The molecule has 0 spiro atoms. The normalized spacial score (nSPS) is 17.7. The van der Waals surface area contributed by atoms with Gasteiger partial charge in [0.15, 0.2) is 5.96 Å². The van der Waals surface area contributed by atoms with Crippen LogP contribution in [0.1, 0.15) is 124 Å². The first-order valence-corrected chi connectivity index (χ1v) is 36.9. The monoisotopic (exact) mass is 1490 g/mol. The van der Waals surface area contributed by atoms with Crippen molar-refractivity contribution >= 4 is 93.7 Å². The van der Waals surface area contributed by atoms with Crippen LogP contribution < -0.4 is 77.4 Å². The smallest absolute Gasteiger partial charge is 0.246 e. The number of carbonyl (C=O) groups excluding carboxylic acids is 13. The van der Waals surface area contributed by atoms with Crippen molar-refractivity contribution in [2.75, 3.05) is 32.7 Å². The Balaban J connectivity index is 0.987. The fourth-order valence-electron chi connectivity index (χ4n) is 13.9. The molecular weight excluding hydrogens is 1390 g/mol. The number of hydrogen-bond donors (Lipinski definition) is 15. The van der Waals surface area contributed by atoms with Crippen LogP contribution in [0.25, 0.3) is 10.9 Å². The second-order valence-electron chi connectivity index (χ2n) is 27.9. The maximum absolute atomic E-state index is 15.3. The van der Waals surface area contributed by atoms with Crippen molar-refractivity contribution in [1.82, 2.24) is 56.9 Å². The van der Waals surface area contributed by atoms with Gasteiger partial charge in [-0.3, -0.25) is 67.3 Å². The largest absolute Gasteiger partial charge is 0.370 e. The lowest BCUT2D eigenvalue weighted by atomic mass is 10.0. The molecule has 0 radical (unpaired) electrons. The molecule has 3 aliphatic heterocycles. The molecule has 3 saturated heterocycles. The van der Waals surface area contributed by atoms with E-state index in [1.807, 2.05) is 55.5 Å². The molecule has 0 aliphatic carbocycles. The highest BCUT2D eigenvalue weighted by molar-refractivity contribution is 6.00. The summed E-state index contributed by atoms with van der Waals surface area (Å²) in [4.78, 5) is 195. The number of primary amides is 3. The Morgan fingerprint density at radius 3 is 1.40 bits per heavy atom. The Kier molecular flexibility index (Phi) is 30.8. The third-order valence-corrected chi connectivity index (χ3v) is 19.8. The van der Waals surface area contributed by atoms with Crippen molar-refractivity contribution in [2.45, 2.75) is 195 Å². The Morgan fingerprint density at radius 2 is 0.880 bits per heavy atom. The predicted molar refractivity (Wildman–Crippen MR) is 402 cm³/mol. The molecule has 32 nitrogen and oxygen atoms in total. The van der Waals surface area contributed by atoms with Gasteiger partial charge in [-0.1, -0.05) is 109 Å². The highest BCUT2D eigenvalue weighted by atomic mass is 16.2. The first-order chi connectivity index (χ1) is 51.8. The second-order valence-corrected chi connectivity index (χ2v) is 27.9. The van der Waals surface area contributed by atoms with Gasteiger partial charge in [0.2, 0.25) is 76.8 Å². The van der Waals surface area contributed by atoms with Gasteiger partial charge >= 0.3 is 0 Å². The van der Waals surface area contributed by atoms with Crippen molar-refractivity contribution in [2.24, 2.45) is 45.1 Å². The van der Waals surface area contributed by atoms with E-state index in [1.54, 1.807) is 66.9 Å². The summed E-state index contributed by atoms with van der Waals surface area (Å²) in [5, 5.41) is 20.1. The van der Waals surface area contributed by atoms with Gasteiger partial charge in [-0.05, 0) is 125 Å². The van der Waals surface area contributed by atoms with Crippen LogP contribution in [-0.2, 0) is 88.0 Å². The number of nitrogens with zero attached hydrogens (tertiary/aromatic N) is 4. The van der Waals surface area contributed by atoms with Crippen molar-refractivity contribution < 1.29 is 62.3 Å². The number of fused-ring (bicyclic) bond motifs is 1. The molecule has 22 N–H and O–H groups in total. The summed E-state index contributed by atoms with van der Waals surface area (Å²) >= 11 is 0. The Hall–Kier alpha value is -11.3. The van der Waals surface area contributed by atoms with E-state index in [4.69, 9.17) is 40.1 Å². The van der Waals surface area contributed by atoms with Gasteiger partial charge in [-0.25, -0.2) is 0 Å². The number of amides is 13. The molecular formula is C76H103N19O13. The van der Waals surface area contributed by atoms with Crippen LogP contribution in [0.15, 0.2) is 120 Å². The van der Waals surface area contributed by atoms with E-state index in [-0.39, 0.29) is 90.0 Å². The summed E-state index contributed by atoms with van der Waals surface area (Å²) in [7, 11) is 0. The number of benzene rings is 4. The van der Waals surface area contributed by atoms with E-state index >= 15 is 9.59 Å². The van der Waals surface area contributed by atoms with Crippen LogP contribution in [0.4, 0.5) is 0 Å². The number of rotatable bonds is 40. The lowest BCUT2D eigenvalue weighted by Gasteiger charge is -2.32. The summed E-state index contributed by atoms with van der Waals surface area (Å²) in [5.74, 6) is -10.1. The average molecular weight is 1490 g/mol. The number of unbranched alkanes of at least 4 members (excludes halogenated alkanes) is 1. The highest BCUT2D eigenvalue weighted by Gasteiger charge is 2.44. The zero-order valence-corrected chi connectivity index (χ0v) is 60.9. The fraction of sp³-hybridized carbons (Fsp3) is 0.474. The minimum absolute atomic E-state index is 0.0142. The molecule has 5 aromatic rings. The first-order valence-electron chi connectivity index (χ1n) is 36.9. The summed E-state index contributed by atoms with van der Waals surface area (Å²) in [5.41, 5.74) is 44.4. The maximum atomic E-state index is 15.3. The third kappa shape index (κ3) is 23.9. The number of hydrogen-bond acceptors (Lipinski definition) is 16. The Labute approximate surface area is 626 Å². The summed E-state index contributed by atoms with van der Waals surface area (Å²) in [6.07, 6.45) is 3.08. The van der Waals surface area contributed by atoms with Gasteiger partial charge < -0.3 is 97.0 Å². The number of nitrogens with one attached hydrogen (secondary N) is 8. The molecule has 0 unspecified atom stereocenters. The van der Waals surface area contributed by atoms with E-state index in [0.717, 1.165) is 22.0 Å². The molecule has 108 heavy (non-hydrogen) atoms. The maximum Gasteiger partial charge on any atom is 0.246 e. The Bertz CT molecular complexity index is 4010. The molecule has 32 heteroatoms. The van der Waals surface area contributed by atoms with E-state index in [9.17, 15) is 52.7 Å². The summed E-state index contributed by atoms with van der Waals surface area (Å²) in [6, 6.07) is 17.9. The number of H-pyrrole nitrogens is 1. The first kappa shape index (κ1) is 82.4. The topological polar surface area (TPSA) is 526 Å². The zero-order chi connectivity index (χ0) is 78.0.